The Kier molecular flexibility index (Phi) is 12.1. The molecule has 1 heterocycles. The lowest BCUT2D eigenvalue weighted by molar-refractivity contribution is -0.143. The van der Waals surface area contributed by atoms with Crippen LogP contribution >= 0.6 is 0 Å². The second-order valence-electron chi connectivity index (χ2n) is 9.98. The number of aliphatic carboxylic acids is 1. The number of rotatable bonds is 16. The molecule has 4 amide bonds. The molecule has 0 saturated heterocycles. The van der Waals surface area contributed by atoms with Crippen molar-refractivity contribution in [3.63, 3.8) is 0 Å². The van der Waals surface area contributed by atoms with Gasteiger partial charge in [0.1, 0.15) is 18.1 Å². The maximum absolute atomic E-state index is 13.5. The molecule has 0 spiro atoms. The molecular formula is C26H39N9O6. The molecule has 15 nitrogen and oxygen atoms in total. The van der Waals surface area contributed by atoms with E-state index in [0.717, 1.165) is 10.9 Å². The first-order chi connectivity index (χ1) is 19.3. The van der Waals surface area contributed by atoms with E-state index in [1.54, 1.807) is 20.0 Å². The minimum absolute atomic E-state index is 0.0158. The number of carbonyl (C=O) groups excluding carboxylic acids is 4. The highest BCUT2D eigenvalue weighted by Gasteiger charge is 2.32. The number of nitrogens with two attached hydrogens (primary N) is 4. The molecule has 0 bridgehead atoms. The molecule has 1 aromatic heterocycles. The first kappa shape index (κ1) is 32.6. The van der Waals surface area contributed by atoms with Crippen molar-refractivity contribution in [1.29, 1.82) is 0 Å². The van der Waals surface area contributed by atoms with Gasteiger partial charge in [0.2, 0.25) is 23.6 Å². The smallest absolute Gasteiger partial charge is 0.326 e. The van der Waals surface area contributed by atoms with Gasteiger partial charge in [-0.2, -0.15) is 0 Å². The number of amides is 4. The van der Waals surface area contributed by atoms with Crippen LogP contribution in [0.5, 0.6) is 0 Å². The van der Waals surface area contributed by atoms with Gasteiger partial charge in [-0.25, -0.2) is 4.79 Å². The Balaban J connectivity index is 2.33. The second-order valence-corrected chi connectivity index (χ2v) is 9.98. The fraction of sp³-hybridized carbons (Fsp3) is 0.462. The average molecular weight is 574 g/mol. The molecule has 0 aliphatic carbocycles. The van der Waals surface area contributed by atoms with Crippen molar-refractivity contribution in [2.24, 2.45) is 33.8 Å². The highest BCUT2D eigenvalue weighted by Crippen LogP contribution is 2.19. The number of para-hydroxylation sites is 1. The molecule has 15 heteroatoms. The zero-order valence-electron chi connectivity index (χ0n) is 23.1. The number of carboxylic acids is 1. The number of aromatic amines is 1. The number of carbonyl (C=O) groups is 5. The number of guanidine groups is 1. The molecule has 224 valence electrons. The molecule has 4 atom stereocenters. The number of benzene rings is 1. The molecule has 0 radical (unpaired) electrons. The largest absolute Gasteiger partial charge is 0.480 e. The van der Waals surface area contributed by atoms with E-state index in [1.165, 1.54) is 0 Å². The summed E-state index contributed by atoms with van der Waals surface area (Å²) >= 11 is 0. The summed E-state index contributed by atoms with van der Waals surface area (Å²) < 4.78 is 0. The van der Waals surface area contributed by atoms with Crippen LogP contribution < -0.4 is 38.9 Å². The Hall–Kier alpha value is -4.66. The van der Waals surface area contributed by atoms with Gasteiger partial charge in [0.25, 0.3) is 0 Å². The first-order valence-electron chi connectivity index (χ1n) is 13.1. The van der Waals surface area contributed by atoms with E-state index in [-0.39, 0.29) is 31.8 Å². The predicted molar refractivity (Wildman–Crippen MR) is 152 cm³/mol. The van der Waals surface area contributed by atoms with E-state index >= 15 is 0 Å². The van der Waals surface area contributed by atoms with Crippen LogP contribution in [0.15, 0.2) is 35.5 Å². The normalized spacial score (nSPS) is 14.0. The monoisotopic (exact) mass is 573 g/mol. The zero-order valence-corrected chi connectivity index (χ0v) is 23.1. The van der Waals surface area contributed by atoms with E-state index in [9.17, 15) is 29.1 Å². The third kappa shape index (κ3) is 10.1. The van der Waals surface area contributed by atoms with Gasteiger partial charge < -0.3 is 49.0 Å². The molecule has 41 heavy (non-hydrogen) atoms. The number of primary amides is 1. The summed E-state index contributed by atoms with van der Waals surface area (Å²) in [7, 11) is 0. The van der Waals surface area contributed by atoms with Gasteiger partial charge >= 0.3 is 5.97 Å². The number of aromatic nitrogens is 1. The number of H-pyrrole nitrogens is 1. The van der Waals surface area contributed by atoms with Crippen LogP contribution in [0.2, 0.25) is 0 Å². The number of fused-ring (bicyclic) bond motifs is 1. The van der Waals surface area contributed by atoms with E-state index in [4.69, 9.17) is 22.9 Å². The number of hydrogen-bond donors (Lipinski definition) is 9. The molecule has 2 rings (SSSR count). The summed E-state index contributed by atoms with van der Waals surface area (Å²) in [4.78, 5) is 69.4. The van der Waals surface area contributed by atoms with E-state index in [1.807, 2.05) is 24.3 Å². The van der Waals surface area contributed by atoms with Crippen LogP contribution in [-0.2, 0) is 30.4 Å². The van der Waals surface area contributed by atoms with Crippen molar-refractivity contribution in [1.82, 2.24) is 20.9 Å². The van der Waals surface area contributed by atoms with Crippen LogP contribution in [0.25, 0.3) is 10.9 Å². The Morgan fingerprint density at radius 1 is 0.951 bits per heavy atom. The van der Waals surface area contributed by atoms with Crippen molar-refractivity contribution >= 4 is 46.5 Å². The highest BCUT2D eigenvalue weighted by atomic mass is 16.4. The average Bonchev–Trinajstić information content (AvgIpc) is 3.30. The molecule has 0 aliphatic rings. The number of carboxylic acid groups (broad SMARTS) is 1. The van der Waals surface area contributed by atoms with Crippen LogP contribution in [0.4, 0.5) is 0 Å². The van der Waals surface area contributed by atoms with Crippen LogP contribution in [0, 0.1) is 5.92 Å². The minimum Gasteiger partial charge on any atom is -0.480 e. The van der Waals surface area contributed by atoms with Gasteiger partial charge in [0.05, 0.1) is 12.5 Å². The van der Waals surface area contributed by atoms with Crippen LogP contribution in [0.3, 0.4) is 0 Å². The van der Waals surface area contributed by atoms with Crippen molar-refractivity contribution in [3.8, 4) is 0 Å². The minimum atomic E-state index is -1.30. The van der Waals surface area contributed by atoms with Crippen molar-refractivity contribution in [2.75, 3.05) is 6.54 Å². The third-order valence-electron chi connectivity index (χ3n) is 6.30. The van der Waals surface area contributed by atoms with Gasteiger partial charge in [-0.1, -0.05) is 32.0 Å². The Morgan fingerprint density at radius 3 is 2.20 bits per heavy atom. The summed E-state index contributed by atoms with van der Waals surface area (Å²) in [5.41, 5.74) is 23.1. The van der Waals surface area contributed by atoms with Crippen LogP contribution in [0.1, 0.15) is 38.7 Å². The van der Waals surface area contributed by atoms with Crippen molar-refractivity contribution in [2.45, 2.75) is 63.7 Å². The second kappa shape index (κ2) is 15.2. The van der Waals surface area contributed by atoms with E-state index < -0.39 is 66.1 Å². The number of aliphatic imine (C=N–C) groups is 1. The fourth-order valence-corrected chi connectivity index (χ4v) is 4.13. The first-order valence-corrected chi connectivity index (χ1v) is 13.1. The number of nitrogens with zero attached hydrogens (tertiary/aromatic N) is 1. The molecular weight excluding hydrogens is 534 g/mol. The maximum atomic E-state index is 13.5. The van der Waals surface area contributed by atoms with E-state index in [2.05, 4.69) is 25.9 Å². The summed E-state index contributed by atoms with van der Waals surface area (Å²) in [6.07, 6.45) is 1.61. The lowest BCUT2D eigenvalue weighted by atomic mass is 10.0. The summed E-state index contributed by atoms with van der Waals surface area (Å²) in [5.74, 6) is -4.85. The van der Waals surface area contributed by atoms with E-state index in [0.29, 0.717) is 5.56 Å². The Morgan fingerprint density at radius 2 is 1.59 bits per heavy atom. The molecule has 0 saturated carbocycles. The Bertz CT molecular complexity index is 1270. The molecule has 1 aromatic carbocycles. The lowest BCUT2D eigenvalue weighted by Crippen LogP contribution is -2.58. The van der Waals surface area contributed by atoms with Crippen molar-refractivity contribution < 1.29 is 29.1 Å². The molecule has 0 fully saturated rings. The van der Waals surface area contributed by atoms with Gasteiger partial charge in [0.15, 0.2) is 5.96 Å². The Labute approximate surface area is 236 Å². The standard InChI is InChI=1S/C26H39N9O6/c1-13(2)21(25(40)41)35-24(39)19(10-14-12-32-17-7-4-3-6-15(14)17)34-23(38)18(8-5-9-31-26(29)30)33-22(37)16(27)11-20(28)36/h3-4,6-7,12-13,16,18-19,21,32H,5,8-11,27H2,1-2H3,(H2,28,36)(H,33,37)(H,34,38)(H,35,39)(H,40,41)(H4,29,30,31). The molecule has 4 unspecified atom stereocenters. The summed E-state index contributed by atoms with van der Waals surface area (Å²) in [5, 5.41) is 18.0. The maximum Gasteiger partial charge on any atom is 0.326 e. The number of hydrogen-bond acceptors (Lipinski definition) is 7. The van der Waals surface area contributed by atoms with Crippen molar-refractivity contribution in [3.05, 3.63) is 36.0 Å². The number of nitrogens with one attached hydrogen (secondary N) is 4. The SMILES string of the molecule is CC(C)C(NC(=O)C(Cc1c[nH]c2ccccc12)NC(=O)C(CCCN=C(N)N)NC(=O)C(N)CC(N)=O)C(=O)O. The lowest BCUT2D eigenvalue weighted by Gasteiger charge is -2.26. The van der Waals surface area contributed by atoms with Gasteiger partial charge in [-0.15, -0.1) is 0 Å². The van der Waals surface area contributed by atoms with Gasteiger partial charge in [-0.05, 0) is 30.4 Å². The topological polar surface area (TPSA) is 274 Å². The zero-order chi connectivity index (χ0) is 30.7. The molecule has 13 N–H and O–H groups in total. The third-order valence-corrected chi connectivity index (χ3v) is 6.30. The fourth-order valence-electron chi connectivity index (χ4n) is 4.13. The quantitative estimate of drug-likeness (QED) is 0.0619. The van der Waals surface area contributed by atoms with Crippen LogP contribution in [-0.4, -0.2) is 76.4 Å². The van der Waals surface area contributed by atoms with Gasteiger partial charge in [0, 0.05) is 30.1 Å². The summed E-state index contributed by atoms with van der Waals surface area (Å²) in [6, 6.07) is 2.47. The van der Waals surface area contributed by atoms with Gasteiger partial charge in [-0.3, -0.25) is 24.2 Å². The molecule has 2 aromatic rings. The molecule has 0 aliphatic heterocycles. The predicted octanol–water partition coefficient (Wildman–Crippen LogP) is -1.84. The summed E-state index contributed by atoms with van der Waals surface area (Å²) in [6.45, 7) is 3.44. The highest BCUT2D eigenvalue weighted by molar-refractivity contribution is 5.95.